The largest absolute Gasteiger partial charge is 0.494 e. The Bertz CT molecular complexity index is 926. The lowest BCUT2D eigenvalue weighted by molar-refractivity contribution is 0.0982. The van der Waals surface area contributed by atoms with Crippen LogP contribution in [0.5, 0.6) is 5.75 Å². The van der Waals surface area contributed by atoms with Gasteiger partial charge in [-0.15, -0.1) is 10.2 Å². The fraction of sp³-hybridized carbons (Fsp3) is 0.250. The van der Waals surface area contributed by atoms with Crippen LogP contribution in [0.2, 0.25) is 0 Å². The smallest absolute Gasteiger partial charge is 0.210 e. The van der Waals surface area contributed by atoms with Crippen molar-refractivity contribution in [2.24, 2.45) is 0 Å². The number of nitrogen functional groups attached to an aromatic ring is 1. The molecule has 28 heavy (non-hydrogen) atoms. The lowest BCUT2D eigenvalue weighted by atomic mass is 10.1. The number of nitrogens with zero attached hydrogens (tertiary/aromatic N) is 3. The normalized spacial score (nSPS) is 10.8. The number of carbonyl (C=O) groups is 1. The Morgan fingerprint density at radius 1 is 1.14 bits per heavy atom. The third-order valence-corrected chi connectivity index (χ3v) is 5.06. The number of ketones is 1. The minimum atomic E-state index is -0.349. The highest BCUT2D eigenvalue weighted by Crippen LogP contribution is 2.24. The maximum absolute atomic E-state index is 12.9. The first-order chi connectivity index (χ1) is 13.6. The highest BCUT2D eigenvalue weighted by atomic mass is 32.2. The van der Waals surface area contributed by atoms with Crippen molar-refractivity contribution in [3.63, 3.8) is 0 Å². The number of hydrogen-bond acceptors (Lipinski definition) is 6. The summed E-state index contributed by atoms with van der Waals surface area (Å²) < 4.78 is 19.8. The number of ether oxygens (including phenoxy) is 1. The average Bonchev–Trinajstić information content (AvgIpc) is 3.07. The van der Waals surface area contributed by atoms with Gasteiger partial charge in [0.15, 0.2) is 11.6 Å². The van der Waals surface area contributed by atoms with Gasteiger partial charge in [0.1, 0.15) is 11.6 Å². The van der Waals surface area contributed by atoms with E-state index in [9.17, 15) is 9.18 Å². The van der Waals surface area contributed by atoms with E-state index in [2.05, 4.69) is 10.2 Å². The van der Waals surface area contributed by atoms with Crippen LogP contribution in [0.3, 0.4) is 0 Å². The van der Waals surface area contributed by atoms with E-state index < -0.39 is 0 Å². The first-order valence-corrected chi connectivity index (χ1v) is 9.92. The summed E-state index contributed by atoms with van der Waals surface area (Å²) in [6.07, 6.45) is 1.04. The molecule has 0 aliphatic heterocycles. The Balaban J connectivity index is 1.53. The van der Waals surface area contributed by atoms with Gasteiger partial charge in [-0.2, -0.15) is 0 Å². The molecular formula is C20H21FN4O2S. The number of nitrogens with two attached hydrogens (primary N) is 1. The second-order valence-corrected chi connectivity index (χ2v) is 7.08. The number of carbonyl (C=O) groups excluding carboxylic acids is 1. The number of rotatable bonds is 9. The van der Waals surface area contributed by atoms with E-state index in [0.717, 1.165) is 11.3 Å². The molecular weight excluding hydrogens is 379 g/mol. The Morgan fingerprint density at radius 3 is 2.54 bits per heavy atom. The molecule has 0 amide bonds. The summed E-state index contributed by atoms with van der Waals surface area (Å²) in [7, 11) is 0. The molecule has 146 valence electrons. The molecule has 0 saturated carbocycles. The zero-order chi connectivity index (χ0) is 19.9. The maximum atomic E-state index is 12.9. The van der Waals surface area contributed by atoms with Crippen LogP contribution < -0.4 is 10.6 Å². The summed E-state index contributed by atoms with van der Waals surface area (Å²) >= 11 is 1.44. The number of aromatic nitrogens is 3. The Labute approximate surface area is 166 Å². The quantitative estimate of drug-likeness (QED) is 0.253. The molecule has 0 fully saturated rings. The van der Waals surface area contributed by atoms with Gasteiger partial charge >= 0.3 is 0 Å². The summed E-state index contributed by atoms with van der Waals surface area (Å²) in [5.41, 5.74) is 1.36. The van der Waals surface area contributed by atoms with Gasteiger partial charge < -0.3 is 10.6 Å². The number of benzene rings is 2. The van der Waals surface area contributed by atoms with Crippen molar-refractivity contribution in [1.82, 2.24) is 14.9 Å². The zero-order valence-electron chi connectivity index (χ0n) is 15.5. The molecule has 0 spiro atoms. The number of thioether (sulfide) groups is 1. The first kappa shape index (κ1) is 19.9. The number of hydrogen-bond donors (Lipinski definition) is 1. The third kappa shape index (κ3) is 4.89. The highest BCUT2D eigenvalue weighted by molar-refractivity contribution is 7.99. The van der Waals surface area contributed by atoms with Crippen LogP contribution in [0, 0.1) is 5.82 Å². The molecule has 8 heteroatoms. The van der Waals surface area contributed by atoms with E-state index in [1.165, 1.54) is 40.7 Å². The molecule has 1 aromatic heterocycles. The van der Waals surface area contributed by atoms with Crippen LogP contribution >= 0.6 is 11.8 Å². The standard InChI is InChI=1S/C20H21FN4O2S/c1-2-27-17-11-7-15(8-12-17)19-23-24-20(25(19)22)28-13-3-4-18(26)14-5-9-16(21)10-6-14/h5-12H,2-4,13,22H2,1H3. The van der Waals surface area contributed by atoms with E-state index in [1.54, 1.807) is 0 Å². The van der Waals surface area contributed by atoms with Gasteiger partial charge in [-0.1, -0.05) is 11.8 Å². The predicted molar refractivity (Wildman–Crippen MR) is 107 cm³/mol. The van der Waals surface area contributed by atoms with E-state index in [4.69, 9.17) is 10.6 Å². The van der Waals surface area contributed by atoms with E-state index >= 15 is 0 Å². The summed E-state index contributed by atoms with van der Waals surface area (Å²) in [6, 6.07) is 13.1. The maximum Gasteiger partial charge on any atom is 0.210 e. The molecule has 2 aromatic carbocycles. The van der Waals surface area contributed by atoms with Crippen LogP contribution in [0.15, 0.2) is 53.7 Å². The molecule has 0 unspecified atom stereocenters. The highest BCUT2D eigenvalue weighted by Gasteiger charge is 2.13. The molecule has 3 aromatic rings. The van der Waals surface area contributed by atoms with Gasteiger partial charge in [0.25, 0.3) is 0 Å². The minimum absolute atomic E-state index is 0.00936. The van der Waals surface area contributed by atoms with Crippen LogP contribution in [-0.4, -0.2) is 33.0 Å². The van der Waals surface area contributed by atoms with Crippen LogP contribution in [-0.2, 0) is 0 Å². The van der Waals surface area contributed by atoms with Gasteiger partial charge in [-0.05, 0) is 61.9 Å². The van der Waals surface area contributed by atoms with E-state index in [1.807, 2.05) is 31.2 Å². The minimum Gasteiger partial charge on any atom is -0.494 e. The summed E-state index contributed by atoms with van der Waals surface area (Å²) in [5.74, 6) is 7.78. The Kier molecular flexibility index (Phi) is 6.65. The second-order valence-electron chi connectivity index (χ2n) is 6.02. The van der Waals surface area contributed by atoms with E-state index in [-0.39, 0.29) is 11.6 Å². The van der Waals surface area contributed by atoms with Gasteiger partial charge in [0.05, 0.1) is 6.61 Å². The molecule has 0 atom stereocenters. The lowest BCUT2D eigenvalue weighted by Crippen LogP contribution is -2.11. The fourth-order valence-electron chi connectivity index (χ4n) is 2.62. The molecule has 0 saturated heterocycles. The summed E-state index contributed by atoms with van der Waals surface area (Å²) in [4.78, 5) is 12.1. The second kappa shape index (κ2) is 9.36. The molecule has 0 aliphatic rings. The molecule has 0 radical (unpaired) electrons. The Morgan fingerprint density at radius 2 is 1.86 bits per heavy atom. The van der Waals surface area contributed by atoms with Gasteiger partial charge in [0, 0.05) is 23.3 Å². The van der Waals surface area contributed by atoms with Crippen LogP contribution in [0.1, 0.15) is 30.1 Å². The van der Waals surface area contributed by atoms with Crippen LogP contribution in [0.25, 0.3) is 11.4 Å². The molecule has 1 heterocycles. The van der Waals surface area contributed by atoms with Crippen molar-refractivity contribution >= 4 is 17.5 Å². The molecule has 0 aliphatic carbocycles. The Hall–Kier alpha value is -2.87. The predicted octanol–water partition coefficient (Wildman–Crippen LogP) is 3.95. The zero-order valence-corrected chi connectivity index (χ0v) is 16.3. The lowest BCUT2D eigenvalue weighted by Gasteiger charge is -2.06. The first-order valence-electron chi connectivity index (χ1n) is 8.93. The van der Waals surface area contributed by atoms with Gasteiger partial charge in [-0.3, -0.25) is 4.79 Å². The van der Waals surface area contributed by atoms with Crippen molar-refractivity contribution in [3.05, 3.63) is 59.9 Å². The average molecular weight is 400 g/mol. The molecule has 2 N–H and O–H groups in total. The fourth-order valence-corrected chi connectivity index (χ4v) is 3.41. The van der Waals surface area contributed by atoms with E-state index in [0.29, 0.717) is 41.7 Å². The number of halogens is 1. The monoisotopic (exact) mass is 400 g/mol. The molecule has 0 bridgehead atoms. The van der Waals surface area contributed by atoms with Crippen molar-refractivity contribution < 1.29 is 13.9 Å². The topological polar surface area (TPSA) is 83.0 Å². The van der Waals surface area contributed by atoms with Crippen LogP contribution in [0.4, 0.5) is 4.39 Å². The summed E-state index contributed by atoms with van der Waals surface area (Å²) in [6.45, 7) is 2.54. The molecule has 3 rings (SSSR count). The van der Waals surface area contributed by atoms with Crippen molar-refractivity contribution in [1.29, 1.82) is 0 Å². The third-order valence-electron chi connectivity index (χ3n) is 4.03. The summed E-state index contributed by atoms with van der Waals surface area (Å²) in [5, 5.41) is 8.87. The van der Waals surface area contributed by atoms with Crippen molar-refractivity contribution in [2.75, 3.05) is 18.2 Å². The van der Waals surface area contributed by atoms with Crippen molar-refractivity contribution in [2.45, 2.75) is 24.9 Å². The van der Waals surface area contributed by atoms with Gasteiger partial charge in [0.2, 0.25) is 5.16 Å². The van der Waals surface area contributed by atoms with Gasteiger partial charge in [-0.25, -0.2) is 9.07 Å². The van der Waals surface area contributed by atoms with Crippen molar-refractivity contribution in [3.8, 4) is 17.1 Å². The molecule has 6 nitrogen and oxygen atoms in total. The SMILES string of the molecule is CCOc1ccc(-c2nnc(SCCCC(=O)c3ccc(F)cc3)n2N)cc1. The number of Topliss-reactive ketones (excluding diaryl/α,β-unsaturated/α-hetero) is 1.